The second-order valence-corrected chi connectivity index (χ2v) is 5.73. The van der Waals surface area contributed by atoms with Gasteiger partial charge in [0.15, 0.2) is 0 Å². The summed E-state index contributed by atoms with van der Waals surface area (Å²) in [6.45, 7) is 4.35. The Morgan fingerprint density at radius 1 is 1.31 bits per heavy atom. The number of halogens is 2. The number of hydrogen-bond acceptors (Lipinski definition) is 1. The van der Waals surface area contributed by atoms with E-state index in [1.165, 1.54) is 12.0 Å². The highest BCUT2D eigenvalue weighted by Gasteiger charge is 2.13. The van der Waals surface area contributed by atoms with Crippen LogP contribution in [0.5, 0.6) is 0 Å². The SMILES string of the molecule is CCCC(C)OC(CI)c1ccc(Br)cc1. The minimum atomic E-state index is 0.218. The first-order chi connectivity index (χ1) is 7.67. The van der Waals surface area contributed by atoms with Crippen LogP contribution in [0.1, 0.15) is 38.4 Å². The highest BCUT2D eigenvalue weighted by molar-refractivity contribution is 14.1. The minimum Gasteiger partial charge on any atom is -0.370 e. The third-order valence-corrected chi connectivity index (χ3v) is 3.80. The number of rotatable bonds is 6. The molecule has 0 radical (unpaired) electrons. The number of alkyl halides is 1. The first-order valence-electron chi connectivity index (χ1n) is 5.64. The van der Waals surface area contributed by atoms with Crippen LogP contribution < -0.4 is 0 Å². The van der Waals surface area contributed by atoms with E-state index >= 15 is 0 Å². The molecule has 2 atom stereocenters. The molecule has 0 bridgehead atoms. The fourth-order valence-electron chi connectivity index (χ4n) is 1.64. The molecular formula is C13H18BrIO. The quantitative estimate of drug-likeness (QED) is 0.478. The Balaban J connectivity index is 2.63. The van der Waals surface area contributed by atoms with Crippen LogP contribution in [0.3, 0.4) is 0 Å². The van der Waals surface area contributed by atoms with E-state index in [4.69, 9.17) is 4.74 Å². The van der Waals surface area contributed by atoms with E-state index in [0.717, 1.165) is 15.3 Å². The predicted octanol–water partition coefficient (Wildman–Crippen LogP) is 5.13. The molecule has 0 aromatic heterocycles. The molecular weight excluding hydrogens is 379 g/mol. The Kier molecular flexibility index (Phi) is 6.92. The van der Waals surface area contributed by atoms with Crippen LogP contribution in [0.4, 0.5) is 0 Å². The summed E-state index contributed by atoms with van der Waals surface area (Å²) < 4.78 is 8.15. The summed E-state index contributed by atoms with van der Waals surface area (Å²) in [5.74, 6) is 0. The maximum absolute atomic E-state index is 6.04. The first kappa shape index (κ1) is 14.5. The maximum Gasteiger partial charge on any atom is 0.0917 e. The van der Waals surface area contributed by atoms with Crippen LogP contribution >= 0.6 is 38.5 Å². The van der Waals surface area contributed by atoms with Gasteiger partial charge in [0, 0.05) is 8.90 Å². The van der Waals surface area contributed by atoms with Crippen molar-refractivity contribution in [1.29, 1.82) is 0 Å². The number of ether oxygens (including phenoxy) is 1. The molecule has 16 heavy (non-hydrogen) atoms. The summed E-state index contributed by atoms with van der Waals surface area (Å²) in [6, 6.07) is 8.41. The van der Waals surface area contributed by atoms with E-state index in [-0.39, 0.29) is 6.10 Å². The zero-order valence-corrected chi connectivity index (χ0v) is 13.5. The Morgan fingerprint density at radius 2 is 1.94 bits per heavy atom. The number of benzene rings is 1. The zero-order valence-electron chi connectivity index (χ0n) is 9.75. The Bertz CT molecular complexity index is 299. The van der Waals surface area contributed by atoms with Crippen LogP contribution in [0.25, 0.3) is 0 Å². The van der Waals surface area contributed by atoms with Crippen LogP contribution in [0, 0.1) is 0 Å². The molecule has 0 aliphatic rings. The first-order valence-corrected chi connectivity index (χ1v) is 7.96. The Labute approximate surface area is 120 Å². The molecule has 0 spiro atoms. The summed E-state index contributed by atoms with van der Waals surface area (Å²) in [7, 11) is 0. The Morgan fingerprint density at radius 3 is 2.44 bits per heavy atom. The van der Waals surface area contributed by atoms with Gasteiger partial charge >= 0.3 is 0 Å². The van der Waals surface area contributed by atoms with Gasteiger partial charge in [-0.25, -0.2) is 0 Å². The van der Waals surface area contributed by atoms with Gasteiger partial charge in [-0.3, -0.25) is 0 Å². The lowest BCUT2D eigenvalue weighted by molar-refractivity contribution is 0.00680. The summed E-state index contributed by atoms with van der Waals surface area (Å²) in [5, 5.41) is 0. The molecule has 1 rings (SSSR count). The molecule has 0 aliphatic carbocycles. The van der Waals surface area contributed by atoms with Crippen molar-refractivity contribution >= 4 is 38.5 Å². The van der Waals surface area contributed by atoms with Crippen molar-refractivity contribution in [3.8, 4) is 0 Å². The van der Waals surface area contributed by atoms with Gasteiger partial charge in [0.25, 0.3) is 0 Å². The summed E-state index contributed by atoms with van der Waals surface area (Å²) in [4.78, 5) is 0. The van der Waals surface area contributed by atoms with E-state index in [9.17, 15) is 0 Å². The van der Waals surface area contributed by atoms with Gasteiger partial charge in [-0.2, -0.15) is 0 Å². The molecule has 0 N–H and O–H groups in total. The predicted molar refractivity (Wildman–Crippen MR) is 81.2 cm³/mol. The second kappa shape index (κ2) is 7.67. The van der Waals surface area contributed by atoms with Gasteiger partial charge < -0.3 is 4.74 Å². The van der Waals surface area contributed by atoms with E-state index in [0.29, 0.717) is 6.10 Å². The van der Waals surface area contributed by atoms with Crippen LogP contribution in [-0.2, 0) is 4.74 Å². The lowest BCUT2D eigenvalue weighted by atomic mass is 10.1. The molecule has 0 saturated heterocycles. The zero-order chi connectivity index (χ0) is 12.0. The fraction of sp³-hybridized carbons (Fsp3) is 0.538. The third kappa shape index (κ3) is 4.72. The van der Waals surface area contributed by atoms with Crippen molar-refractivity contribution in [3.05, 3.63) is 34.3 Å². The molecule has 0 heterocycles. The topological polar surface area (TPSA) is 9.23 Å². The number of hydrogen-bond donors (Lipinski definition) is 0. The van der Waals surface area contributed by atoms with Crippen molar-refractivity contribution in [3.63, 3.8) is 0 Å². The average molecular weight is 397 g/mol. The summed E-state index contributed by atoms with van der Waals surface area (Å²) in [5.41, 5.74) is 1.26. The maximum atomic E-state index is 6.04. The van der Waals surface area contributed by atoms with Crippen LogP contribution in [0.15, 0.2) is 28.7 Å². The van der Waals surface area contributed by atoms with Crippen molar-refractivity contribution in [2.24, 2.45) is 0 Å². The minimum absolute atomic E-state index is 0.218. The highest BCUT2D eigenvalue weighted by atomic mass is 127. The lowest BCUT2D eigenvalue weighted by Crippen LogP contribution is -2.14. The van der Waals surface area contributed by atoms with Crippen molar-refractivity contribution in [1.82, 2.24) is 0 Å². The monoisotopic (exact) mass is 396 g/mol. The van der Waals surface area contributed by atoms with E-state index in [1.54, 1.807) is 0 Å². The average Bonchev–Trinajstić information content (AvgIpc) is 2.27. The van der Waals surface area contributed by atoms with Gasteiger partial charge in [-0.1, -0.05) is 64.0 Å². The standard InChI is InChI=1S/C13H18BrIO/c1-3-4-10(2)16-13(9-15)11-5-7-12(14)8-6-11/h5-8,10,13H,3-4,9H2,1-2H3. The van der Waals surface area contributed by atoms with Gasteiger partial charge in [0.05, 0.1) is 12.2 Å². The lowest BCUT2D eigenvalue weighted by Gasteiger charge is -2.21. The fourth-order valence-corrected chi connectivity index (χ4v) is 2.62. The summed E-state index contributed by atoms with van der Waals surface area (Å²) >= 11 is 5.84. The Hall–Kier alpha value is 0.390. The molecule has 0 saturated carbocycles. The molecule has 1 aromatic carbocycles. The highest BCUT2D eigenvalue weighted by Crippen LogP contribution is 2.24. The van der Waals surface area contributed by atoms with Gasteiger partial charge in [-0.05, 0) is 31.0 Å². The largest absolute Gasteiger partial charge is 0.370 e. The molecule has 0 aliphatic heterocycles. The second-order valence-electron chi connectivity index (χ2n) is 3.93. The normalized spacial score (nSPS) is 14.8. The van der Waals surface area contributed by atoms with E-state index in [1.807, 2.05) is 0 Å². The molecule has 0 fully saturated rings. The van der Waals surface area contributed by atoms with Crippen LogP contribution in [-0.4, -0.2) is 10.5 Å². The molecule has 0 amide bonds. The van der Waals surface area contributed by atoms with Crippen molar-refractivity contribution < 1.29 is 4.74 Å². The molecule has 3 heteroatoms. The summed E-state index contributed by atoms with van der Waals surface area (Å²) in [6.07, 6.45) is 2.86. The van der Waals surface area contributed by atoms with Crippen molar-refractivity contribution in [2.45, 2.75) is 38.9 Å². The molecule has 2 unspecified atom stereocenters. The third-order valence-electron chi connectivity index (χ3n) is 2.47. The van der Waals surface area contributed by atoms with Gasteiger partial charge in [0.2, 0.25) is 0 Å². The van der Waals surface area contributed by atoms with Gasteiger partial charge in [-0.15, -0.1) is 0 Å². The van der Waals surface area contributed by atoms with Crippen LogP contribution in [0.2, 0.25) is 0 Å². The molecule has 1 aromatic rings. The van der Waals surface area contributed by atoms with Crippen molar-refractivity contribution in [2.75, 3.05) is 4.43 Å². The van der Waals surface area contributed by atoms with Gasteiger partial charge in [0.1, 0.15) is 0 Å². The van der Waals surface area contributed by atoms with E-state index < -0.39 is 0 Å². The smallest absolute Gasteiger partial charge is 0.0917 e. The van der Waals surface area contributed by atoms with E-state index in [2.05, 4.69) is 76.6 Å². The molecule has 1 nitrogen and oxygen atoms in total. The molecule has 90 valence electrons.